The number of pyridine rings is 2. The number of hydrogen-bond donors (Lipinski definition) is 2. The summed E-state index contributed by atoms with van der Waals surface area (Å²) in [7, 11) is 0. The molecule has 0 aliphatic rings. The van der Waals surface area contributed by atoms with Crippen LogP contribution in [-0.2, 0) is 25.9 Å². The van der Waals surface area contributed by atoms with Crippen molar-refractivity contribution in [3.8, 4) is 11.5 Å². The molecular weight excluding hydrogens is 466 g/mol. The minimum absolute atomic E-state index is 0.206. The van der Waals surface area contributed by atoms with Gasteiger partial charge in [0.05, 0.1) is 11.4 Å². The Bertz CT molecular complexity index is 1320. The zero-order chi connectivity index (χ0) is 26.2. The second kappa shape index (κ2) is 12.0. The van der Waals surface area contributed by atoms with Crippen LogP contribution in [-0.4, -0.2) is 19.3 Å². The summed E-state index contributed by atoms with van der Waals surface area (Å²) in [6.45, 7) is 4.74. The van der Waals surface area contributed by atoms with Gasteiger partial charge in [-0.2, -0.15) is 0 Å². The summed E-state index contributed by atoms with van der Waals surface area (Å²) in [5.41, 5.74) is 2.26. The smallest absolute Gasteiger partial charge is 0.223 e. The molecule has 0 unspecified atom stereocenters. The number of aromatic hydroxyl groups is 2. The lowest BCUT2D eigenvalue weighted by Crippen LogP contribution is -2.12. The highest BCUT2D eigenvalue weighted by Gasteiger charge is 2.09. The van der Waals surface area contributed by atoms with Crippen LogP contribution in [0, 0.1) is 11.6 Å². The van der Waals surface area contributed by atoms with Crippen LogP contribution in [0.2, 0.25) is 0 Å². The normalized spacial score (nSPS) is 10.6. The Morgan fingerprint density at radius 1 is 0.611 bits per heavy atom. The number of halogens is 2. The first kappa shape index (κ1) is 26.4. The molecule has 0 aliphatic carbocycles. The Morgan fingerprint density at radius 3 is 1.25 bits per heavy atom. The second-order valence-electron chi connectivity index (χ2n) is 8.17. The fourth-order valence-corrected chi connectivity index (χ4v) is 3.82. The molecule has 8 heteroatoms. The Morgan fingerprint density at radius 2 is 0.944 bits per heavy atom. The molecule has 0 saturated carbocycles. The van der Waals surface area contributed by atoms with E-state index >= 15 is 0 Å². The van der Waals surface area contributed by atoms with Crippen LogP contribution in [0.25, 0.3) is 0 Å². The third kappa shape index (κ3) is 6.47. The van der Waals surface area contributed by atoms with Crippen molar-refractivity contribution >= 4 is 0 Å². The van der Waals surface area contributed by atoms with Crippen molar-refractivity contribution in [1.82, 2.24) is 9.13 Å². The summed E-state index contributed by atoms with van der Waals surface area (Å²) in [5, 5.41) is 19.4. The average Bonchev–Trinajstić information content (AvgIpc) is 2.87. The molecule has 4 aromatic rings. The zero-order valence-electron chi connectivity index (χ0n) is 20.1. The van der Waals surface area contributed by atoms with Gasteiger partial charge in [0, 0.05) is 37.6 Å². The van der Waals surface area contributed by atoms with E-state index in [0.29, 0.717) is 37.3 Å². The zero-order valence-corrected chi connectivity index (χ0v) is 20.1. The van der Waals surface area contributed by atoms with Crippen LogP contribution in [0.3, 0.4) is 0 Å². The van der Waals surface area contributed by atoms with E-state index < -0.39 is 0 Å². The van der Waals surface area contributed by atoms with E-state index in [9.17, 15) is 28.6 Å². The van der Waals surface area contributed by atoms with E-state index in [0.717, 1.165) is 11.1 Å². The Balaban J connectivity index is 0.000000201. The van der Waals surface area contributed by atoms with Crippen molar-refractivity contribution in [2.75, 3.05) is 0 Å². The largest absolute Gasteiger partial charge is 0.503 e. The molecule has 6 nitrogen and oxygen atoms in total. The molecule has 0 aliphatic heterocycles. The number of aromatic nitrogens is 2. The molecule has 0 amide bonds. The molecule has 2 aromatic carbocycles. The lowest BCUT2D eigenvalue weighted by atomic mass is 10.2. The van der Waals surface area contributed by atoms with E-state index in [4.69, 9.17) is 0 Å². The van der Waals surface area contributed by atoms with Gasteiger partial charge in [0.15, 0.2) is 11.5 Å². The van der Waals surface area contributed by atoms with E-state index in [-0.39, 0.29) is 34.0 Å². The first-order valence-corrected chi connectivity index (χ1v) is 11.5. The Kier molecular flexibility index (Phi) is 8.78. The summed E-state index contributed by atoms with van der Waals surface area (Å²) >= 11 is 0. The third-order valence-corrected chi connectivity index (χ3v) is 5.72. The molecule has 4 rings (SSSR count). The number of rotatable bonds is 6. The molecule has 188 valence electrons. The minimum atomic E-state index is -0.373. The van der Waals surface area contributed by atoms with Crippen molar-refractivity contribution in [2.24, 2.45) is 0 Å². The highest BCUT2D eigenvalue weighted by atomic mass is 19.1. The van der Waals surface area contributed by atoms with Crippen molar-refractivity contribution in [2.45, 2.75) is 39.8 Å². The predicted octanol–water partition coefficient (Wildman–Crippen LogP) is 4.61. The van der Waals surface area contributed by atoms with Gasteiger partial charge in [-0.15, -0.1) is 0 Å². The molecule has 2 heterocycles. The molecule has 36 heavy (non-hydrogen) atoms. The molecule has 0 saturated heterocycles. The summed E-state index contributed by atoms with van der Waals surface area (Å²) in [4.78, 5) is 22.7. The van der Waals surface area contributed by atoms with Gasteiger partial charge < -0.3 is 19.3 Å². The summed E-state index contributed by atoms with van der Waals surface area (Å²) in [6, 6.07) is 15.0. The summed E-state index contributed by atoms with van der Waals surface area (Å²) in [5.74, 6) is -0.973. The standard InChI is InChI=1S/2C14H14FNO2/c2*1-2-12-14(18)13(17)7-8-16(12)9-10-3-5-11(15)6-4-10/h2*3-8,18H,2,9H2,1H3. The predicted molar refractivity (Wildman–Crippen MR) is 134 cm³/mol. The van der Waals surface area contributed by atoms with E-state index in [2.05, 4.69) is 0 Å². The SMILES string of the molecule is CCc1c(O)c(=O)ccn1Cc1ccc(F)cc1.CCc1c(O)c(=O)ccn1Cc1ccc(F)cc1. The fourth-order valence-electron chi connectivity index (χ4n) is 3.82. The molecule has 0 fully saturated rings. The van der Waals surface area contributed by atoms with Gasteiger partial charge >= 0.3 is 0 Å². The molecule has 0 spiro atoms. The molecule has 0 radical (unpaired) electrons. The van der Waals surface area contributed by atoms with Gasteiger partial charge in [0.2, 0.25) is 10.9 Å². The van der Waals surface area contributed by atoms with Gasteiger partial charge in [-0.1, -0.05) is 38.1 Å². The van der Waals surface area contributed by atoms with Gasteiger partial charge in [0.1, 0.15) is 11.6 Å². The first-order chi connectivity index (χ1) is 17.2. The highest BCUT2D eigenvalue weighted by Crippen LogP contribution is 2.15. The summed E-state index contributed by atoms with van der Waals surface area (Å²) < 4.78 is 29.2. The van der Waals surface area contributed by atoms with Crippen molar-refractivity contribution in [1.29, 1.82) is 0 Å². The van der Waals surface area contributed by atoms with Gasteiger partial charge in [0.25, 0.3) is 0 Å². The molecule has 0 bridgehead atoms. The van der Waals surface area contributed by atoms with Crippen LogP contribution in [0.1, 0.15) is 36.4 Å². The van der Waals surface area contributed by atoms with E-state index in [1.54, 1.807) is 45.8 Å². The lowest BCUT2D eigenvalue weighted by Gasteiger charge is -2.13. The topological polar surface area (TPSA) is 84.5 Å². The maximum atomic E-state index is 12.8. The van der Waals surface area contributed by atoms with Crippen LogP contribution in [0.4, 0.5) is 8.78 Å². The summed E-state index contributed by atoms with van der Waals surface area (Å²) in [6.07, 6.45) is 4.40. The van der Waals surface area contributed by atoms with Crippen LogP contribution < -0.4 is 10.9 Å². The molecule has 0 atom stereocenters. The fraction of sp³-hybridized carbons (Fsp3) is 0.214. The molecule has 2 aromatic heterocycles. The third-order valence-electron chi connectivity index (χ3n) is 5.72. The van der Waals surface area contributed by atoms with Gasteiger partial charge in [-0.05, 0) is 48.2 Å². The van der Waals surface area contributed by atoms with Crippen LogP contribution in [0.15, 0.2) is 82.6 Å². The number of nitrogens with zero attached hydrogens (tertiary/aromatic N) is 2. The maximum absolute atomic E-state index is 12.8. The second-order valence-corrected chi connectivity index (χ2v) is 8.17. The van der Waals surface area contributed by atoms with Crippen molar-refractivity contribution < 1.29 is 19.0 Å². The number of benzene rings is 2. The molecular formula is C28H28F2N2O4. The highest BCUT2D eigenvalue weighted by molar-refractivity contribution is 5.29. The average molecular weight is 495 g/mol. The van der Waals surface area contributed by atoms with Crippen LogP contribution in [0.5, 0.6) is 11.5 Å². The van der Waals surface area contributed by atoms with E-state index in [1.807, 2.05) is 13.8 Å². The number of hydrogen-bond acceptors (Lipinski definition) is 4. The monoisotopic (exact) mass is 494 g/mol. The van der Waals surface area contributed by atoms with Crippen molar-refractivity contribution in [3.05, 3.63) is 128 Å². The molecule has 2 N–H and O–H groups in total. The Labute approximate surface area is 207 Å². The quantitative estimate of drug-likeness (QED) is 0.410. The maximum Gasteiger partial charge on any atom is 0.223 e. The first-order valence-electron chi connectivity index (χ1n) is 11.5. The lowest BCUT2D eigenvalue weighted by molar-refractivity contribution is 0.451. The van der Waals surface area contributed by atoms with Crippen LogP contribution >= 0.6 is 0 Å². The van der Waals surface area contributed by atoms with E-state index in [1.165, 1.54) is 36.4 Å². The minimum Gasteiger partial charge on any atom is -0.503 e. The van der Waals surface area contributed by atoms with Gasteiger partial charge in [-0.3, -0.25) is 9.59 Å². The Hall–Kier alpha value is -4.20. The van der Waals surface area contributed by atoms with Crippen molar-refractivity contribution in [3.63, 3.8) is 0 Å². The van der Waals surface area contributed by atoms with Gasteiger partial charge in [-0.25, -0.2) is 8.78 Å².